The van der Waals surface area contributed by atoms with Crippen molar-refractivity contribution in [2.75, 3.05) is 14.2 Å². The predicted octanol–water partition coefficient (Wildman–Crippen LogP) is 5.41. The minimum atomic E-state index is -0.219. The summed E-state index contributed by atoms with van der Waals surface area (Å²) in [5, 5.41) is 11.1. The summed E-state index contributed by atoms with van der Waals surface area (Å²) in [6.07, 6.45) is 1.73. The zero-order valence-electron chi connectivity index (χ0n) is 17.7. The summed E-state index contributed by atoms with van der Waals surface area (Å²) in [6, 6.07) is 1.96. The number of aromatic hydroxyl groups is 1. The fourth-order valence-corrected chi connectivity index (χ4v) is 3.96. The lowest BCUT2D eigenvalue weighted by atomic mass is 9.84. The smallest absolute Gasteiger partial charge is 0.130 e. The SMILES string of the molecule is COc1cc(-c2c(O)c(C)c(C)c3c2CCC(C)(C)O3)c(OC)c(C)c1C. The summed E-state index contributed by atoms with van der Waals surface area (Å²) in [6.45, 7) is 12.2. The molecule has 0 aliphatic carbocycles. The highest BCUT2D eigenvalue weighted by Gasteiger charge is 2.33. The van der Waals surface area contributed by atoms with Gasteiger partial charge in [-0.3, -0.25) is 0 Å². The van der Waals surface area contributed by atoms with Crippen LogP contribution in [0.2, 0.25) is 0 Å². The maximum absolute atomic E-state index is 11.1. The normalized spacial score (nSPS) is 15.1. The van der Waals surface area contributed by atoms with Crippen LogP contribution in [0.5, 0.6) is 23.0 Å². The van der Waals surface area contributed by atoms with Crippen LogP contribution in [0.3, 0.4) is 0 Å². The summed E-state index contributed by atoms with van der Waals surface area (Å²) in [5.74, 6) is 2.72. The first-order valence-electron chi connectivity index (χ1n) is 9.39. The van der Waals surface area contributed by atoms with Gasteiger partial charge in [-0.1, -0.05) is 0 Å². The van der Waals surface area contributed by atoms with Gasteiger partial charge in [-0.15, -0.1) is 0 Å². The Labute approximate surface area is 162 Å². The van der Waals surface area contributed by atoms with Gasteiger partial charge in [-0.05, 0) is 82.7 Å². The topological polar surface area (TPSA) is 47.9 Å². The lowest BCUT2D eigenvalue weighted by Gasteiger charge is -2.36. The van der Waals surface area contributed by atoms with Gasteiger partial charge in [0, 0.05) is 16.7 Å². The fraction of sp³-hybridized carbons (Fsp3) is 0.478. The third-order valence-corrected chi connectivity index (χ3v) is 5.91. The van der Waals surface area contributed by atoms with E-state index >= 15 is 0 Å². The highest BCUT2D eigenvalue weighted by Crippen LogP contribution is 2.51. The summed E-state index contributed by atoms with van der Waals surface area (Å²) in [4.78, 5) is 0. The summed E-state index contributed by atoms with van der Waals surface area (Å²) >= 11 is 0. The largest absolute Gasteiger partial charge is 0.507 e. The fourth-order valence-electron chi connectivity index (χ4n) is 3.96. The average Bonchev–Trinajstić information content (AvgIpc) is 2.63. The zero-order valence-corrected chi connectivity index (χ0v) is 17.7. The van der Waals surface area contributed by atoms with Gasteiger partial charge in [0.05, 0.1) is 14.2 Å². The highest BCUT2D eigenvalue weighted by atomic mass is 16.5. The lowest BCUT2D eigenvalue weighted by Crippen LogP contribution is -2.33. The molecule has 1 N–H and O–H groups in total. The van der Waals surface area contributed by atoms with Crippen molar-refractivity contribution in [3.8, 4) is 34.1 Å². The average molecular weight is 370 g/mol. The Balaban J connectivity index is 2.40. The van der Waals surface area contributed by atoms with Crippen LogP contribution >= 0.6 is 0 Å². The molecule has 1 aliphatic rings. The molecule has 1 heterocycles. The van der Waals surface area contributed by atoms with E-state index in [4.69, 9.17) is 14.2 Å². The summed E-state index contributed by atoms with van der Waals surface area (Å²) < 4.78 is 17.7. The molecule has 27 heavy (non-hydrogen) atoms. The third kappa shape index (κ3) is 3.01. The Bertz CT molecular complexity index is 910. The maximum Gasteiger partial charge on any atom is 0.130 e. The molecule has 1 aliphatic heterocycles. The molecule has 0 spiro atoms. The van der Waals surface area contributed by atoms with Crippen LogP contribution in [0.15, 0.2) is 6.07 Å². The molecular formula is C23H30O4. The minimum Gasteiger partial charge on any atom is -0.507 e. The van der Waals surface area contributed by atoms with Crippen molar-refractivity contribution >= 4 is 0 Å². The van der Waals surface area contributed by atoms with Crippen LogP contribution in [0.4, 0.5) is 0 Å². The first kappa shape index (κ1) is 19.4. The first-order valence-corrected chi connectivity index (χ1v) is 9.39. The van der Waals surface area contributed by atoms with E-state index in [9.17, 15) is 5.11 Å². The minimum absolute atomic E-state index is 0.219. The van der Waals surface area contributed by atoms with E-state index in [2.05, 4.69) is 13.8 Å². The Hall–Kier alpha value is -2.36. The van der Waals surface area contributed by atoms with E-state index in [1.54, 1.807) is 14.2 Å². The number of benzene rings is 2. The number of hydrogen-bond donors (Lipinski definition) is 1. The van der Waals surface area contributed by atoms with Gasteiger partial charge in [0.15, 0.2) is 0 Å². The third-order valence-electron chi connectivity index (χ3n) is 5.91. The van der Waals surface area contributed by atoms with E-state index in [-0.39, 0.29) is 11.4 Å². The van der Waals surface area contributed by atoms with Crippen LogP contribution in [0.1, 0.15) is 48.1 Å². The molecule has 2 aromatic carbocycles. The lowest BCUT2D eigenvalue weighted by molar-refractivity contribution is 0.0836. The van der Waals surface area contributed by atoms with Gasteiger partial charge in [-0.25, -0.2) is 0 Å². The van der Waals surface area contributed by atoms with Crippen LogP contribution in [0.25, 0.3) is 11.1 Å². The molecule has 0 radical (unpaired) electrons. The van der Waals surface area contributed by atoms with E-state index < -0.39 is 0 Å². The molecule has 0 saturated carbocycles. The standard InChI is InChI=1S/C23H30O4/c1-12-14(3)21(26-8)17(11-18(12)25-7)19-16-9-10-23(5,6)27-22(16)15(4)13(2)20(19)24/h11,24H,9-10H2,1-8H3. The van der Waals surface area contributed by atoms with Gasteiger partial charge < -0.3 is 19.3 Å². The quantitative estimate of drug-likeness (QED) is 0.784. The van der Waals surface area contributed by atoms with Crippen LogP contribution in [-0.2, 0) is 6.42 Å². The van der Waals surface area contributed by atoms with Crippen LogP contribution < -0.4 is 14.2 Å². The molecule has 3 rings (SSSR count). The molecule has 4 nitrogen and oxygen atoms in total. The van der Waals surface area contributed by atoms with Gasteiger partial charge in [-0.2, -0.15) is 0 Å². The number of methoxy groups -OCH3 is 2. The molecule has 0 amide bonds. The van der Waals surface area contributed by atoms with E-state index in [1.165, 1.54) is 0 Å². The van der Waals surface area contributed by atoms with Crippen molar-refractivity contribution in [2.24, 2.45) is 0 Å². The monoisotopic (exact) mass is 370 g/mol. The Morgan fingerprint density at radius 2 is 1.63 bits per heavy atom. The Kier molecular flexibility index (Phi) is 4.79. The van der Waals surface area contributed by atoms with Crippen LogP contribution in [0, 0.1) is 27.7 Å². The zero-order chi connectivity index (χ0) is 20.1. The van der Waals surface area contributed by atoms with Gasteiger partial charge in [0.2, 0.25) is 0 Å². The van der Waals surface area contributed by atoms with Crippen molar-refractivity contribution in [1.82, 2.24) is 0 Å². The number of fused-ring (bicyclic) bond motifs is 1. The number of phenolic OH excluding ortho intramolecular Hbond substituents is 1. The number of rotatable bonds is 3. The second-order valence-electron chi connectivity index (χ2n) is 8.05. The van der Waals surface area contributed by atoms with Gasteiger partial charge in [0.25, 0.3) is 0 Å². The molecule has 0 fully saturated rings. The number of phenols is 1. The molecule has 146 valence electrons. The van der Waals surface area contributed by atoms with E-state index in [1.807, 2.05) is 33.8 Å². The van der Waals surface area contributed by atoms with Gasteiger partial charge >= 0.3 is 0 Å². The van der Waals surface area contributed by atoms with E-state index in [0.29, 0.717) is 0 Å². The summed E-state index contributed by atoms with van der Waals surface area (Å²) in [7, 11) is 3.33. The van der Waals surface area contributed by atoms with Crippen molar-refractivity contribution in [2.45, 2.75) is 60.0 Å². The van der Waals surface area contributed by atoms with Crippen molar-refractivity contribution in [1.29, 1.82) is 0 Å². The van der Waals surface area contributed by atoms with Crippen molar-refractivity contribution < 1.29 is 19.3 Å². The Morgan fingerprint density at radius 1 is 0.963 bits per heavy atom. The highest BCUT2D eigenvalue weighted by molar-refractivity contribution is 5.85. The molecule has 0 aromatic heterocycles. The maximum atomic E-state index is 11.1. The number of hydrogen-bond acceptors (Lipinski definition) is 4. The van der Waals surface area contributed by atoms with Crippen LogP contribution in [-0.4, -0.2) is 24.9 Å². The molecule has 2 aromatic rings. The molecule has 0 unspecified atom stereocenters. The summed E-state index contributed by atoms with van der Waals surface area (Å²) in [5.41, 5.74) is 6.33. The second kappa shape index (κ2) is 6.66. The molecular weight excluding hydrogens is 340 g/mol. The van der Waals surface area contributed by atoms with Gasteiger partial charge in [0.1, 0.15) is 28.6 Å². The second-order valence-corrected chi connectivity index (χ2v) is 8.05. The van der Waals surface area contributed by atoms with Crippen molar-refractivity contribution in [3.05, 3.63) is 33.9 Å². The molecule has 0 saturated heterocycles. The molecule has 0 bridgehead atoms. The van der Waals surface area contributed by atoms with E-state index in [0.717, 1.165) is 69.0 Å². The Morgan fingerprint density at radius 3 is 2.22 bits per heavy atom. The first-order chi connectivity index (χ1) is 12.6. The number of ether oxygens (including phenoxy) is 3. The predicted molar refractivity (Wildman–Crippen MR) is 109 cm³/mol. The molecule has 4 heteroatoms. The van der Waals surface area contributed by atoms with Crippen molar-refractivity contribution in [3.63, 3.8) is 0 Å². The molecule has 0 atom stereocenters.